The summed E-state index contributed by atoms with van der Waals surface area (Å²) in [4.78, 5) is 5.96. The summed E-state index contributed by atoms with van der Waals surface area (Å²) in [6.45, 7) is 7.81. The molecule has 4 atom stereocenters. The maximum atomic E-state index is 12.5. The van der Waals surface area contributed by atoms with Crippen molar-refractivity contribution < 1.29 is 17.9 Å². The summed E-state index contributed by atoms with van der Waals surface area (Å²) >= 11 is 0. The molecule has 2 saturated heterocycles. The van der Waals surface area contributed by atoms with Gasteiger partial charge in [-0.05, 0) is 19.8 Å². The van der Waals surface area contributed by atoms with Crippen molar-refractivity contribution in [3.63, 3.8) is 0 Å². The fourth-order valence-corrected chi connectivity index (χ4v) is 4.60. The molecule has 8 heteroatoms. The molecule has 2 heterocycles. The van der Waals surface area contributed by atoms with Gasteiger partial charge in [0.15, 0.2) is 5.96 Å². The number of likely N-dealkylation sites (tertiary alicyclic amines) is 1. The molecule has 0 spiro atoms. The largest absolute Gasteiger partial charge is 0.401 e. The van der Waals surface area contributed by atoms with Gasteiger partial charge in [-0.15, -0.1) is 0 Å². The van der Waals surface area contributed by atoms with Crippen LogP contribution in [0.3, 0.4) is 0 Å². The number of guanidine groups is 1. The molecule has 5 nitrogen and oxygen atoms in total. The zero-order valence-corrected chi connectivity index (χ0v) is 15.2. The number of halogens is 3. The van der Waals surface area contributed by atoms with Gasteiger partial charge in [-0.1, -0.05) is 13.8 Å². The van der Waals surface area contributed by atoms with Crippen LogP contribution in [-0.4, -0.2) is 68.0 Å². The Balaban J connectivity index is 1.55. The van der Waals surface area contributed by atoms with Crippen LogP contribution in [0.25, 0.3) is 0 Å². The van der Waals surface area contributed by atoms with E-state index in [-0.39, 0.29) is 17.5 Å². The molecule has 0 radical (unpaired) electrons. The van der Waals surface area contributed by atoms with Gasteiger partial charge in [0.05, 0.1) is 12.6 Å². The number of alkyl halides is 3. The molecule has 144 valence electrons. The van der Waals surface area contributed by atoms with E-state index in [1.807, 2.05) is 6.92 Å². The third-order valence-corrected chi connectivity index (χ3v) is 5.73. The van der Waals surface area contributed by atoms with Crippen LogP contribution in [0, 0.1) is 11.3 Å². The van der Waals surface area contributed by atoms with Crippen LogP contribution in [0.1, 0.15) is 33.6 Å². The van der Waals surface area contributed by atoms with E-state index in [1.54, 1.807) is 0 Å². The monoisotopic (exact) mass is 362 g/mol. The first-order valence-corrected chi connectivity index (χ1v) is 9.19. The van der Waals surface area contributed by atoms with Gasteiger partial charge >= 0.3 is 6.18 Å². The lowest BCUT2D eigenvalue weighted by Gasteiger charge is -2.55. The molecule has 1 saturated carbocycles. The van der Waals surface area contributed by atoms with Gasteiger partial charge < -0.3 is 15.4 Å². The molecule has 0 aromatic carbocycles. The van der Waals surface area contributed by atoms with Crippen molar-refractivity contribution in [1.82, 2.24) is 15.5 Å². The van der Waals surface area contributed by atoms with E-state index in [2.05, 4.69) is 29.5 Å². The molecule has 2 aliphatic heterocycles. The maximum Gasteiger partial charge on any atom is 0.401 e. The summed E-state index contributed by atoms with van der Waals surface area (Å²) < 4.78 is 43.4. The normalized spacial score (nSPS) is 35.4. The molecular weight excluding hydrogens is 333 g/mol. The minimum atomic E-state index is -4.14. The van der Waals surface area contributed by atoms with E-state index in [4.69, 9.17) is 4.74 Å². The quantitative estimate of drug-likeness (QED) is 0.593. The lowest BCUT2D eigenvalue weighted by Crippen LogP contribution is -2.68. The predicted octanol–water partition coefficient (Wildman–Crippen LogP) is 1.99. The number of nitrogens with one attached hydrogen (secondary N) is 2. The van der Waals surface area contributed by atoms with E-state index in [0.29, 0.717) is 44.0 Å². The van der Waals surface area contributed by atoms with Crippen LogP contribution in [0.5, 0.6) is 0 Å². The van der Waals surface area contributed by atoms with Crippen LogP contribution >= 0.6 is 0 Å². The SMILES string of the molecule is CCN=C(NC1CCN(CC(F)(F)F)C1)NC1C2CCOC2C1(C)C. The average molecular weight is 362 g/mol. The highest BCUT2D eigenvalue weighted by molar-refractivity contribution is 5.80. The van der Waals surface area contributed by atoms with Crippen molar-refractivity contribution in [3.05, 3.63) is 0 Å². The standard InChI is InChI=1S/C17H29F3N4O/c1-4-21-15(22-11-5-7-24(9-11)10-17(18,19)20)23-13-12-6-8-25-14(12)16(13,2)3/h11-14H,4-10H2,1-3H3,(H2,21,22,23). The molecular formula is C17H29F3N4O. The Morgan fingerprint density at radius 1 is 1.28 bits per heavy atom. The van der Waals surface area contributed by atoms with Crippen molar-refractivity contribution in [1.29, 1.82) is 0 Å². The highest BCUT2D eigenvalue weighted by Gasteiger charge is 2.59. The zero-order valence-electron chi connectivity index (χ0n) is 15.2. The Morgan fingerprint density at radius 3 is 2.72 bits per heavy atom. The summed E-state index contributed by atoms with van der Waals surface area (Å²) in [5, 5.41) is 6.86. The summed E-state index contributed by atoms with van der Waals surface area (Å²) in [5.41, 5.74) is 0.0371. The van der Waals surface area contributed by atoms with Gasteiger partial charge in [0.25, 0.3) is 0 Å². The van der Waals surface area contributed by atoms with Crippen LogP contribution in [0.4, 0.5) is 13.2 Å². The van der Waals surface area contributed by atoms with Crippen LogP contribution in [-0.2, 0) is 4.74 Å². The van der Waals surface area contributed by atoms with Crippen molar-refractivity contribution in [2.45, 2.75) is 58.0 Å². The minimum absolute atomic E-state index is 0.000959. The van der Waals surface area contributed by atoms with E-state index in [1.165, 1.54) is 4.90 Å². The summed E-state index contributed by atoms with van der Waals surface area (Å²) in [5.74, 6) is 1.20. The van der Waals surface area contributed by atoms with Gasteiger partial charge in [0, 0.05) is 49.7 Å². The predicted molar refractivity (Wildman–Crippen MR) is 90.6 cm³/mol. The maximum absolute atomic E-state index is 12.5. The summed E-state index contributed by atoms with van der Waals surface area (Å²) in [6.07, 6.45) is -2.10. The lowest BCUT2D eigenvalue weighted by molar-refractivity contribution is -0.143. The second-order valence-electron chi connectivity index (χ2n) is 7.99. The smallest absolute Gasteiger partial charge is 0.377 e. The van der Waals surface area contributed by atoms with Crippen LogP contribution in [0.2, 0.25) is 0 Å². The Labute approximate surface area is 147 Å². The number of ether oxygens (including phenoxy) is 1. The number of fused-ring (bicyclic) bond motifs is 1. The summed E-state index contributed by atoms with van der Waals surface area (Å²) in [6, 6.07) is 0.282. The molecule has 3 rings (SSSR count). The number of nitrogens with zero attached hydrogens (tertiary/aromatic N) is 2. The molecule has 4 unspecified atom stereocenters. The highest BCUT2D eigenvalue weighted by Crippen LogP contribution is 2.52. The Kier molecular flexibility index (Phi) is 5.21. The Hall–Kier alpha value is -1.02. The molecule has 0 bridgehead atoms. The number of rotatable bonds is 4. The van der Waals surface area contributed by atoms with Crippen LogP contribution < -0.4 is 10.6 Å². The number of hydrogen-bond donors (Lipinski definition) is 2. The molecule has 0 aromatic rings. The molecule has 0 amide bonds. The summed E-state index contributed by atoms with van der Waals surface area (Å²) in [7, 11) is 0. The second-order valence-corrected chi connectivity index (χ2v) is 7.99. The van der Waals surface area contributed by atoms with E-state index >= 15 is 0 Å². The van der Waals surface area contributed by atoms with Crippen molar-refractivity contribution in [2.75, 3.05) is 32.8 Å². The minimum Gasteiger partial charge on any atom is -0.377 e. The molecule has 25 heavy (non-hydrogen) atoms. The average Bonchev–Trinajstić information content (AvgIpc) is 3.11. The lowest BCUT2D eigenvalue weighted by atomic mass is 9.57. The first-order valence-electron chi connectivity index (χ1n) is 9.19. The molecule has 3 aliphatic rings. The fraction of sp³-hybridized carbons (Fsp3) is 0.941. The zero-order chi connectivity index (χ0) is 18.2. The van der Waals surface area contributed by atoms with E-state index in [9.17, 15) is 13.2 Å². The first-order chi connectivity index (χ1) is 11.7. The first kappa shape index (κ1) is 18.8. The molecule has 3 fully saturated rings. The highest BCUT2D eigenvalue weighted by atomic mass is 19.4. The Morgan fingerprint density at radius 2 is 2.04 bits per heavy atom. The number of hydrogen-bond acceptors (Lipinski definition) is 3. The van der Waals surface area contributed by atoms with Crippen molar-refractivity contribution in [2.24, 2.45) is 16.3 Å². The third-order valence-electron chi connectivity index (χ3n) is 5.73. The van der Waals surface area contributed by atoms with Gasteiger partial charge in [-0.2, -0.15) is 13.2 Å². The van der Waals surface area contributed by atoms with Gasteiger partial charge in [0.1, 0.15) is 0 Å². The van der Waals surface area contributed by atoms with Gasteiger partial charge in [-0.25, -0.2) is 0 Å². The second kappa shape index (κ2) is 6.95. The van der Waals surface area contributed by atoms with Gasteiger partial charge in [0.2, 0.25) is 0 Å². The fourth-order valence-electron chi connectivity index (χ4n) is 4.60. The van der Waals surface area contributed by atoms with Crippen LogP contribution in [0.15, 0.2) is 4.99 Å². The molecule has 0 aromatic heterocycles. The topological polar surface area (TPSA) is 48.9 Å². The number of aliphatic imine (C=N–C) groups is 1. The van der Waals surface area contributed by atoms with Gasteiger partial charge in [-0.3, -0.25) is 9.89 Å². The Bertz CT molecular complexity index is 509. The third kappa shape index (κ3) is 4.05. The van der Waals surface area contributed by atoms with Crippen molar-refractivity contribution in [3.8, 4) is 0 Å². The molecule has 2 N–H and O–H groups in total. The molecule has 1 aliphatic carbocycles. The van der Waals surface area contributed by atoms with E-state index in [0.717, 1.165) is 13.0 Å². The van der Waals surface area contributed by atoms with Crippen molar-refractivity contribution >= 4 is 5.96 Å². The van der Waals surface area contributed by atoms with E-state index < -0.39 is 12.7 Å².